The fraction of sp³-hybridized carbons (Fsp3) is 0.111. The van der Waals surface area contributed by atoms with Crippen molar-refractivity contribution >= 4 is 22.0 Å². The number of allylic oxidation sites excluding steroid dienone is 1. The largest absolute Gasteiger partial charge is 0.355 e. The van der Waals surface area contributed by atoms with Crippen molar-refractivity contribution in [1.29, 1.82) is 10.5 Å². The maximum absolute atomic E-state index is 8.63. The van der Waals surface area contributed by atoms with Crippen LogP contribution >= 0.6 is 15.9 Å². The summed E-state index contributed by atoms with van der Waals surface area (Å²) < 4.78 is 0.855. The molecule has 1 rings (SSSR count). The van der Waals surface area contributed by atoms with Crippen molar-refractivity contribution in [2.75, 3.05) is 0 Å². The van der Waals surface area contributed by atoms with Gasteiger partial charge in [0.05, 0.1) is 23.2 Å². The first-order valence-corrected chi connectivity index (χ1v) is 4.37. The summed E-state index contributed by atoms with van der Waals surface area (Å²) in [5.74, 6) is 0. The van der Waals surface area contributed by atoms with Gasteiger partial charge in [-0.1, -0.05) is 0 Å². The van der Waals surface area contributed by atoms with E-state index in [1.165, 1.54) is 0 Å². The molecule has 0 saturated heterocycles. The molecule has 0 unspecified atom stereocenters. The van der Waals surface area contributed by atoms with Crippen molar-refractivity contribution in [3.05, 3.63) is 28.0 Å². The molecule has 0 spiro atoms. The van der Waals surface area contributed by atoms with E-state index in [2.05, 4.69) is 20.9 Å². The normalized spacial score (nSPS) is 10.5. The molecule has 0 radical (unpaired) electrons. The summed E-state index contributed by atoms with van der Waals surface area (Å²) in [7, 11) is 0. The fourth-order valence-electron chi connectivity index (χ4n) is 0.874. The van der Waals surface area contributed by atoms with Gasteiger partial charge in [0, 0.05) is 11.8 Å². The fourth-order valence-corrected chi connectivity index (χ4v) is 1.25. The topological polar surface area (TPSA) is 63.4 Å². The van der Waals surface area contributed by atoms with Gasteiger partial charge in [0.25, 0.3) is 0 Å². The highest BCUT2D eigenvalue weighted by Crippen LogP contribution is 2.13. The molecule has 0 aliphatic carbocycles. The van der Waals surface area contributed by atoms with Gasteiger partial charge in [-0.2, -0.15) is 10.5 Å². The van der Waals surface area contributed by atoms with Crippen LogP contribution in [0.4, 0.5) is 0 Å². The van der Waals surface area contributed by atoms with Crippen molar-refractivity contribution in [3.8, 4) is 12.1 Å². The number of H-pyrrole nitrogens is 1. The van der Waals surface area contributed by atoms with Crippen molar-refractivity contribution < 1.29 is 0 Å². The standard InChI is InChI=1S/C9H6BrN3/c10-9-4-8(6-13-9)3-7(5-12)1-2-11/h3-4,6,13H,1H2/b7-3+. The molecule has 0 bridgehead atoms. The Labute approximate surface area is 84.4 Å². The lowest BCUT2D eigenvalue weighted by atomic mass is 10.1. The lowest BCUT2D eigenvalue weighted by Crippen LogP contribution is -1.75. The number of hydrogen-bond donors (Lipinski definition) is 1. The zero-order valence-corrected chi connectivity index (χ0v) is 8.30. The summed E-state index contributed by atoms with van der Waals surface area (Å²) in [5, 5.41) is 17.0. The van der Waals surface area contributed by atoms with Crippen LogP contribution < -0.4 is 0 Å². The Morgan fingerprint density at radius 3 is 2.85 bits per heavy atom. The highest BCUT2D eigenvalue weighted by Gasteiger charge is 1.97. The average molecular weight is 236 g/mol. The molecule has 1 aromatic heterocycles. The Kier molecular flexibility index (Phi) is 3.31. The van der Waals surface area contributed by atoms with E-state index >= 15 is 0 Å². The van der Waals surface area contributed by atoms with Crippen LogP contribution in [-0.2, 0) is 0 Å². The van der Waals surface area contributed by atoms with Crippen LogP contribution in [0.5, 0.6) is 0 Å². The van der Waals surface area contributed by atoms with Crippen LogP contribution in [0.15, 0.2) is 22.4 Å². The van der Waals surface area contributed by atoms with Crippen molar-refractivity contribution in [3.63, 3.8) is 0 Å². The summed E-state index contributed by atoms with van der Waals surface area (Å²) in [6.07, 6.45) is 3.60. The van der Waals surface area contributed by atoms with Crippen LogP contribution in [0, 0.1) is 22.7 Å². The van der Waals surface area contributed by atoms with Gasteiger partial charge >= 0.3 is 0 Å². The Bertz CT molecular complexity index is 403. The van der Waals surface area contributed by atoms with Crippen LogP contribution in [0.25, 0.3) is 6.08 Å². The van der Waals surface area contributed by atoms with Crippen molar-refractivity contribution in [2.24, 2.45) is 0 Å². The molecular formula is C9H6BrN3. The predicted molar refractivity (Wildman–Crippen MR) is 52.3 cm³/mol. The maximum atomic E-state index is 8.63. The third-order valence-corrected chi connectivity index (χ3v) is 1.88. The summed E-state index contributed by atoms with van der Waals surface area (Å²) in [6, 6.07) is 5.75. The van der Waals surface area contributed by atoms with E-state index < -0.39 is 0 Å². The van der Waals surface area contributed by atoms with Gasteiger partial charge in [0.2, 0.25) is 0 Å². The molecule has 0 aromatic carbocycles. The molecular weight excluding hydrogens is 230 g/mol. The molecule has 1 N–H and O–H groups in total. The van der Waals surface area contributed by atoms with Crippen molar-refractivity contribution in [2.45, 2.75) is 6.42 Å². The number of rotatable bonds is 2. The second kappa shape index (κ2) is 4.49. The number of halogens is 1. The second-order valence-electron chi connectivity index (χ2n) is 2.40. The van der Waals surface area contributed by atoms with Gasteiger partial charge in [-0.3, -0.25) is 0 Å². The summed E-state index contributed by atoms with van der Waals surface area (Å²) in [6.45, 7) is 0. The minimum atomic E-state index is 0.152. The van der Waals surface area contributed by atoms with Gasteiger partial charge in [0.15, 0.2) is 0 Å². The van der Waals surface area contributed by atoms with Crippen LogP contribution in [0.1, 0.15) is 12.0 Å². The summed E-state index contributed by atoms with van der Waals surface area (Å²) in [4.78, 5) is 2.92. The minimum absolute atomic E-state index is 0.152. The molecule has 0 atom stereocenters. The first-order valence-electron chi connectivity index (χ1n) is 3.58. The minimum Gasteiger partial charge on any atom is -0.355 e. The molecule has 3 nitrogen and oxygen atoms in total. The zero-order valence-electron chi connectivity index (χ0n) is 6.71. The molecule has 4 heteroatoms. The van der Waals surface area contributed by atoms with E-state index in [0.717, 1.165) is 10.2 Å². The number of nitrogens with one attached hydrogen (secondary N) is 1. The summed E-state index contributed by atoms with van der Waals surface area (Å²) >= 11 is 3.25. The van der Waals surface area contributed by atoms with Gasteiger partial charge in [-0.15, -0.1) is 0 Å². The van der Waals surface area contributed by atoms with Gasteiger partial charge in [0.1, 0.15) is 0 Å². The number of hydrogen-bond acceptors (Lipinski definition) is 2. The van der Waals surface area contributed by atoms with Crippen LogP contribution in [-0.4, -0.2) is 4.98 Å². The quantitative estimate of drug-likeness (QED) is 0.802. The summed E-state index contributed by atoms with van der Waals surface area (Å²) in [5.41, 5.74) is 1.35. The van der Waals surface area contributed by atoms with Gasteiger partial charge in [-0.05, 0) is 33.6 Å². The van der Waals surface area contributed by atoms with Crippen LogP contribution in [0.3, 0.4) is 0 Å². The van der Waals surface area contributed by atoms with Crippen molar-refractivity contribution in [1.82, 2.24) is 4.98 Å². The number of nitrogens with zero attached hydrogens (tertiary/aromatic N) is 2. The SMILES string of the molecule is N#CC/C(C#N)=C\c1c[nH]c(Br)c1. The smallest absolute Gasteiger partial charge is 0.0958 e. The zero-order chi connectivity index (χ0) is 9.68. The lowest BCUT2D eigenvalue weighted by Gasteiger charge is -1.86. The first-order chi connectivity index (χ1) is 6.26. The van der Waals surface area contributed by atoms with Gasteiger partial charge < -0.3 is 4.98 Å². The molecule has 0 amide bonds. The Morgan fingerprint density at radius 2 is 2.38 bits per heavy atom. The molecule has 13 heavy (non-hydrogen) atoms. The van der Waals surface area contributed by atoms with Crippen LogP contribution in [0.2, 0.25) is 0 Å². The Morgan fingerprint density at radius 1 is 1.62 bits per heavy atom. The van der Waals surface area contributed by atoms with E-state index in [0.29, 0.717) is 5.57 Å². The predicted octanol–water partition coefficient (Wildman–Crippen LogP) is 2.60. The van der Waals surface area contributed by atoms with E-state index in [4.69, 9.17) is 10.5 Å². The maximum Gasteiger partial charge on any atom is 0.0958 e. The molecule has 0 aliphatic heterocycles. The molecule has 0 saturated carbocycles. The molecule has 0 fully saturated rings. The molecule has 0 aliphatic rings. The second-order valence-corrected chi connectivity index (χ2v) is 3.25. The van der Waals surface area contributed by atoms with E-state index in [-0.39, 0.29) is 6.42 Å². The third kappa shape index (κ3) is 2.77. The molecule has 1 aromatic rings. The number of aromatic amines is 1. The van der Waals surface area contributed by atoms with E-state index in [9.17, 15) is 0 Å². The highest BCUT2D eigenvalue weighted by atomic mass is 79.9. The van der Waals surface area contributed by atoms with E-state index in [1.54, 1.807) is 12.3 Å². The Balaban J connectivity index is 2.87. The monoisotopic (exact) mass is 235 g/mol. The lowest BCUT2D eigenvalue weighted by molar-refractivity contribution is 1.28. The average Bonchev–Trinajstić information content (AvgIpc) is 2.50. The first kappa shape index (κ1) is 9.57. The number of aromatic nitrogens is 1. The molecule has 1 heterocycles. The van der Waals surface area contributed by atoms with Gasteiger partial charge in [-0.25, -0.2) is 0 Å². The highest BCUT2D eigenvalue weighted by molar-refractivity contribution is 9.10. The van der Waals surface area contributed by atoms with E-state index in [1.807, 2.05) is 18.2 Å². The third-order valence-electron chi connectivity index (χ3n) is 1.42. The number of nitriles is 2. The Hall–Kier alpha value is -1.52. The molecule has 64 valence electrons.